The molecule has 0 aliphatic carbocycles. The highest BCUT2D eigenvalue weighted by molar-refractivity contribution is 7.89. The van der Waals surface area contributed by atoms with Crippen molar-refractivity contribution in [3.63, 3.8) is 0 Å². The van der Waals surface area contributed by atoms with Crippen LogP contribution in [0, 0.1) is 5.82 Å². The molecule has 21 heavy (non-hydrogen) atoms. The van der Waals surface area contributed by atoms with Crippen molar-refractivity contribution in [1.82, 2.24) is 9.21 Å². The fourth-order valence-electron chi connectivity index (χ4n) is 2.60. The first-order valence-corrected chi connectivity index (χ1v) is 8.05. The first-order chi connectivity index (χ1) is 9.71. The van der Waals surface area contributed by atoms with E-state index in [9.17, 15) is 17.9 Å². The third kappa shape index (κ3) is 3.34. The van der Waals surface area contributed by atoms with Crippen molar-refractivity contribution in [2.45, 2.75) is 23.5 Å². The molecule has 2 unspecified atom stereocenters. The lowest BCUT2D eigenvalue weighted by Gasteiger charge is -2.26. The third-order valence-electron chi connectivity index (χ3n) is 3.48. The molecule has 1 saturated heterocycles. The first kappa shape index (κ1) is 16.2. The molecule has 3 N–H and O–H groups in total. The van der Waals surface area contributed by atoms with E-state index in [-0.39, 0.29) is 23.2 Å². The summed E-state index contributed by atoms with van der Waals surface area (Å²) in [7, 11) is -0.287. The van der Waals surface area contributed by atoms with Crippen molar-refractivity contribution in [2.24, 2.45) is 0 Å². The van der Waals surface area contributed by atoms with Crippen molar-refractivity contribution in [3.8, 4) is 0 Å². The fourth-order valence-corrected chi connectivity index (χ4v) is 4.40. The molecule has 0 spiro atoms. The SMILES string of the molecule is CN(C)CC1CC(O)CN1S(=O)(=O)c1cc(F)ccc1N. The van der Waals surface area contributed by atoms with Crippen molar-refractivity contribution < 1.29 is 17.9 Å². The normalized spacial score (nSPS) is 23.9. The van der Waals surface area contributed by atoms with Gasteiger partial charge in [-0.3, -0.25) is 0 Å². The maximum absolute atomic E-state index is 13.4. The highest BCUT2D eigenvalue weighted by Gasteiger charge is 2.40. The van der Waals surface area contributed by atoms with Crippen LogP contribution in [0.5, 0.6) is 0 Å². The van der Waals surface area contributed by atoms with Gasteiger partial charge in [0.2, 0.25) is 10.0 Å². The summed E-state index contributed by atoms with van der Waals surface area (Å²) in [6.07, 6.45) is -0.369. The molecule has 8 heteroatoms. The lowest BCUT2D eigenvalue weighted by atomic mass is 10.2. The Labute approximate surface area is 124 Å². The van der Waals surface area contributed by atoms with Gasteiger partial charge in [0.25, 0.3) is 0 Å². The van der Waals surface area contributed by atoms with Crippen molar-refractivity contribution in [1.29, 1.82) is 0 Å². The van der Waals surface area contributed by atoms with Crippen LogP contribution in [-0.4, -0.2) is 62.1 Å². The Bertz CT molecular complexity index is 621. The number of rotatable bonds is 4. The summed E-state index contributed by atoms with van der Waals surface area (Å²) in [5.74, 6) is -0.660. The molecule has 0 aromatic heterocycles. The summed E-state index contributed by atoms with van der Waals surface area (Å²) < 4.78 is 40.0. The van der Waals surface area contributed by atoms with Crippen LogP contribution in [0.25, 0.3) is 0 Å². The van der Waals surface area contributed by atoms with Gasteiger partial charge in [0.05, 0.1) is 11.8 Å². The topological polar surface area (TPSA) is 86.9 Å². The molecule has 1 heterocycles. The second-order valence-corrected chi connectivity index (χ2v) is 7.42. The summed E-state index contributed by atoms with van der Waals surface area (Å²) in [5.41, 5.74) is 5.68. The van der Waals surface area contributed by atoms with E-state index < -0.39 is 21.9 Å². The van der Waals surface area contributed by atoms with E-state index in [2.05, 4.69) is 0 Å². The number of sulfonamides is 1. The minimum atomic E-state index is -3.94. The molecule has 118 valence electrons. The number of anilines is 1. The molecule has 1 aliphatic rings. The van der Waals surface area contributed by atoms with Gasteiger partial charge < -0.3 is 15.7 Å². The molecule has 2 rings (SSSR count). The van der Waals surface area contributed by atoms with Crippen LogP contribution in [0.3, 0.4) is 0 Å². The van der Waals surface area contributed by atoms with Crippen molar-refractivity contribution in [2.75, 3.05) is 32.9 Å². The predicted octanol–water partition coefficient (Wildman–Crippen LogP) is 0.0934. The molecule has 1 aromatic carbocycles. The molecule has 0 amide bonds. The summed E-state index contributed by atoms with van der Waals surface area (Å²) in [4.78, 5) is 1.60. The van der Waals surface area contributed by atoms with Gasteiger partial charge in [-0.25, -0.2) is 12.8 Å². The molecule has 0 saturated carbocycles. The second kappa shape index (κ2) is 5.88. The quantitative estimate of drug-likeness (QED) is 0.769. The Hall–Kier alpha value is -1.22. The third-order valence-corrected chi connectivity index (χ3v) is 5.45. The minimum Gasteiger partial charge on any atom is -0.398 e. The maximum Gasteiger partial charge on any atom is 0.245 e. The number of hydrogen-bond acceptors (Lipinski definition) is 5. The summed E-state index contributed by atoms with van der Waals surface area (Å²) >= 11 is 0. The molecule has 6 nitrogen and oxygen atoms in total. The van der Waals surface area contributed by atoms with Crippen LogP contribution >= 0.6 is 0 Å². The maximum atomic E-state index is 13.4. The Kier molecular flexibility index (Phi) is 4.52. The van der Waals surface area contributed by atoms with E-state index in [1.165, 1.54) is 10.4 Å². The summed E-state index contributed by atoms with van der Waals surface area (Å²) in [6.45, 7) is 0.475. The van der Waals surface area contributed by atoms with Gasteiger partial charge in [0.1, 0.15) is 10.7 Å². The standard InChI is InChI=1S/C13H20FN3O3S/c1-16(2)7-10-6-11(18)8-17(10)21(19,20)13-5-9(14)3-4-12(13)15/h3-5,10-11,18H,6-8,15H2,1-2H3. The number of halogens is 1. The largest absolute Gasteiger partial charge is 0.398 e. The fraction of sp³-hybridized carbons (Fsp3) is 0.538. The Morgan fingerprint density at radius 1 is 1.48 bits per heavy atom. The van der Waals surface area contributed by atoms with Gasteiger partial charge in [0.15, 0.2) is 0 Å². The van der Waals surface area contributed by atoms with Crippen LogP contribution in [0.4, 0.5) is 10.1 Å². The molecular formula is C13H20FN3O3S. The van der Waals surface area contributed by atoms with Gasteiger partial charge in [0, 0.05) is 19.1 Å². The molecule has 1 aromatic rings. The van der Waals surface area contributed by atoms with E-state index in [0.29, 0.717) is 13.0 Å². The molecule has 0 bridgehead atoms. The zero-order valence-electron chi connectivity index (χ0n) is 12.0. The van der Waals surface area contributed by atoms with Crippen molar-refractivity contribution >= 4 is 15.7 Å². The molecular weight excluding hydrogens is 297 g/mol. The van der Waals surface area contributed by atoms with Crippen LogP contribution < -0.4 is 5.73 Å². The van der Waals surface area contributed by atoms with Gasteiger partial charge >= 0.3 is 0 Å². The highest BCUT2D eigenvalue weighted by Crippen LogP contribution is 2.30. The molecule has 1 fully saturated rings. The van der Waals surface area contributed by atoms with Gasteiger partial charge in [-0.15, -0.1) is 0 Å². The van der Waals surface area contributed by atoms with E-state index in [0.717, 1.165) is 12.1 Å². The number of benzene rings is 1. The number of aliphatic hydroxyl groups excluding tert-OH is 1. The lowest BCUT2D eigenvalue weighted by molar-refractivity contribution is 0.188. The monoisotopic (exact) mass is 317 g/mol. The zero-order valence-corrected chi connectivity index (χ0v) is 12.8. The number of aliphatic hydroxyl groups is 1. The summed E-state index contributed by atoms with van der Waals surface area (Å²) in [6, 6.07) is 2.91. The van der Waals surface area contributed by atoms with E-state index >= 15 is 0 Å². The van der Waals surface area contributed by atoms with Crippen LogP contribution in [0.2, 0.25) is 0 Å². The average molecular weight is 317 g/mol. The average Bonchev–Trinajstić information content (AvgIpc) is 2.73. The molecule has 2 atom stereocenters. The predicted molar refractivity (Wildman–Crippen MR) is 77.7 cm³/mol. The molecule has 0 radical (unpaired) electrons. The van der Waals surface area contributed by atoms with Crippen LogP contribution in [0.15, 0.2) is 23.1 Å². The number of nitrogen functional groups attached to an aromatic ring is 1. The number of hydrogen-bond donors (Lipinski definition) is 2. The van der Waals surface area contributed by atoms with Crippen LogP contribution in [-0.2, 0) is 10.0 Å². The zero-order chi connectivity index (χ0) is 15.8. The highest BCUT2D eigenvalue weighted by atomic mass is 32.2. The summed E-state index contributed by atoms with van der Waals surface area (Å²) in [5, 5.41) is 9.79. The molecule has 1 aliphatic heterocycles. The lowest BCUT2D eigenvalue weighted by Crippen LogP contribution is -2.41. The Morgan fingerprint density at radius 2 is 2.14 bits per heavy atom. The Morgan fingerprint density at radius 3 is 2.76 bits per heavy atom. The van der Waals surface area contributed by atoms with E-state index in [1.54, 1.807) is 0 Å². The van der Waals surface area contributed by atoms with E-state index in [4.69, 9.17) is 5.73 Å². The van der Waals surface area contributed by atoms with E-state index in [1.807, 2.05) is 19.0 Å². The second-order valence-electron chi connectivity index (χ2n) is 5.56. The first-order valence-electron chi connectivity index (χ1n) is 6.61. The van der Waals surface area contributed by atoms with Gasteiger partial charge in [-0.2, -0.15) is 4.31 Å². The Balaban J connectivity index is 2.39. The minimum absolute atomic E-state index is 0.00129. The number of β-amino-alcohol motifs (C(OH)–C–C–N with tert-alkyl or cyclic N) is 1. The number of likely N-dealkylation sites (N-methyl/N-ethyl adjacent to an activating group) is 1. The van der Waals surface area contributed by atoms with Crippen molar-refractivity contribution in [3.05, 3.63) is 24.0 Å². The van der Waals surface area contributed by atoms with Crippen LogP contribution in [0.1, 0.15) is 6.42 Å². The van der Waals surface area contributed by atoms with Gasteiger partial charge in [-0.1, -0.05) is 0 Å². The smallest absolute Gasteiger partial charge is 0.245 e. The number of nitrogens with zero attached hydrogens (tertiary/aromatic N) is 2. The number of nitrogens with two attached hydrogens (primary N) is 1. The van der Waals surface area contributed by atoms with Gasteiger partial charge in [-0.05, 0) is 38.7 Å².